The van der Waals surface area contributed by atoms with Gasteiger partial charge in [0.25, 0.3) is 0 Å². The van der Waals surface area contributed by atoms with Crippen molar-refractivity contribution in [2.45, 2.75) is 37.1 Å². The standard InChI is InChI=1S/C17H20BrNS/c1-4-19-11-14-10-15(18)6-8-17(14)20-16-7-5-12(2)9-13(16)3/h5-10,19H,4,11H2,1-3H3. The lowest BCUT2D eigenvalue weighted by Crippen LogP contribution is -2.12. The molecule has 0 unspecified atom stereocenters. The molecular weight excluding hydrogens is 330 g/mol. The third-order valence-corrected chi connectivity index (χ3v) is 4.93. The summed E-state index contributed by atoms with van der Waals surface area (Å²) in [6, 6.07) is 13.1. The van der Waals surface area contributed by atoms with E-state index in [1.54, 1.807) is 0 Å². The highest BCUT2D eigenvalue weighted by molar-refractivity contribution is 9.10. The predicted molar refractivity (Wildman–Crippen MR) is 91.6 cm³/mol. The number of hydrogen-bond acceptors (Lipinski definition) is 2. The molecule has 0 spiro atoms. The Balaban J connectivity index is 2.27. The van der Waals surface area contributed by atoms with Crippen LogP contribution < -0.4 is 5.32 Å². The average molecular weight is 350 g/mol. The lowest BCUT2D eigenvalue weighted by Gasteiger charge is -2.12. The minimum Gasteiger partial charge on any atom is -0.313 e. The zero-order valence-corrected chi connectivity index (χ0v) is 14.6. The highest BCUT2D eigenvalue weighted by Crippen LogP contribution is 2.34. The molecule has 2 rings (SSSR count). The number of benzene rings is 2. The Kier molecular flexibility index (Phi) is 5.70. The second-order valence-corrected chi connectivity index (χ2v) is 6.90. The lowest BCUT2D eigenvalue weighted by atomic mass is 10.2. The van der Waals surface area contributed by atoms with Crippen molar-refractivity contribution in [3.8, 4) is 0 Å². The van der Waals surface area contributed by atoms with E-state index in [4.69, 9.17) is 0 Å². The van der Waals surface area contributed by atoms with Crippen LogP contribution in [0, 0.1) is 13.8 Å². The molecule has 1 N–H and O–H groups in total. The smallest absolute Gasteiger partial charge is 0.0217 e. The normalized spacial score (nSPS) is 10.8. The summed E-state index contributed by atoms with van der Waals surface area (Å²) in [5.74, 6) is 0. The number of aryl methyl sites for hydroxylation is 2. The molecule has 0 aliphatic heterocycles. The monoisotopic (exact) mass is 349 g/mol. The van der Waals surface area contributed by atoms with Crippen molar-refractivity contribution in [1.29, 1.82) is 0 Å². The summed E-state index contributed by atoms with van der Waals surface area (Å²) in [5.41, 5.74) is 3.99. The molecule has 0 saturated carbocycles. The van der Waals surface area contributed by atoms with Crippen LogP contribution in [-0.4, -0.2) is 6.54 Å². The van der Waals surface area contributed by atoms with Gasteiger partial charge < -0.3 is 5.32 Å². The van der Waals surface area contributed by atoms with Crippen LogP contribution in [-0.2, 0) is 6.54 Å². The van der Waals surface area contributed by atoms with Gasteiger partial charge in [0.1, 0.15) is 0 Å². The number of rotatable bonds is 5. The predicted octanol–water partition coefficient (Wildman–Crippen LogP) is 5.33. The Labute approximate surface area is 134 Å². The molecule has 0 aromatic heterocycles. The van der Waals surface area contributed by atoms with E-state index in [1.165, 1.54) is 26.5 Å². The van der Waals surface area contributed by atoms with E-state index < -0.39 is 0 Å². The van der Waals surface area contributed by atoms with Crippen LogP contribution in [0.1, 0.15) is 23.6 Å². The zero-order valence-electron chi connectivity index (χ0n) is 12.2. The highest BCUT2D eigenvalue weighted by atomic mass is 79.9. The first-order valence-corrected chi connectivity index (χ1v) is 8.45. The van der Waals surface area contributed by atoms with Gasteiger partial charge in [0.15, 0.2) is 0 Å². The van der Waals surface area contributed by atoms with E-state index in [0.717, 1.165) is 17.6 Å². The Hall–Kier alpha value is -0.770. The lowest BCUT2D eigenvalue weighted by molar-refractivity contribution is 0.717. The molecule has 1 nitrogen and oxygen atoms in total. The van der Waals surface area contributed by atoms with Crippen LogP contribution in [0.4, 0.5) is 0 Å². The largest absolute Gasteiger partial charge is 0.313 e. The first-order valence-electron chi connectivity index (χ1n) is 6.84. The summed E-state index contributed by atoms with van der Waals surface area (Å²) >= 11 is 5.41. The molecular formula is C17H20BrNS. The quantitative estimate of drug-likeness (QED) is 0.783. The molecule has 0 heterocycles. The van der Waals surface area contributed by atoms with E-state index in [0.29, 0.717) is 0 Å². The summed E-state index contributed by atoms with van der Waals surface area (Å²) in [6.07, 6.45) is 0. The van der Waals surface area contributed by atoms with Crippen molar-refractivity contribution in [2.75, 3.05) is 6.54 Å². The molecule has 106 valence electrons. The maximum atomic E-state index is 3.56. The van der Waals surface area contributed by atoms with Gasteiger partial charge in [0.2, 0.25) is 0 Å². The van der Waals surface area contributed by atoms with Gasteiger partial charge >= 0.3 is 0 Å². The fourth-order valence-corrected chi connectivity index (χ4v) is 3.48. The van der Waals surface area contributed by atoms with E-state index in [9.17, 15) is 0 Å². The van der Waals surface area contributed by atoms with Crippen LogP contribution >= 0.6 is 27.7 Å². The van der Waals surface area contributed by atoms with Crippen molar-refractivity contribution in [3.63, 3.8) is 0 Å². The first-order chi connectivity index (χ1) is 9.60. The molecule has 0 amide bonds. The minimum atomic E-state index is 0.906. The topological polar surface area (TPSA) is 12.0 Å². The molecule has 0 fully saturated rings. The third kappa shape index (κ3) is 4.11. The second-order valence-electron chi connectivity index (χ2n) is 4.90. The molecule has 0 bridgehead atoms. The molecule has 0 atom stereocenters. The maximum absolute atomic E-state index is 3.56. The van der Waals surface area contributed by atoms with Crippen molar-refractivity contribution >= 4 is 27.7 Å². The zero-order chi connectivity index (χ0) is 14.5. The summed E-state index contributed by atoms with van der Waals surface area (Å²) in [6.45, 7) is 8.34. The summed E-state index contributed by atoms with van der Waals surface area (Å²) in [7, 11) is 0. The fraction of sp³-hybridized carbons (Fsp3) is 0.294. The van der Waals surface area contributed by atoms with Gasteiger partial charge in [0.05, 0.1) is 0 Å². The van der Waals surface area contributed by atoms with Gasteiger partial charge in [-0.25, -0.2) is 0 Å². The van der Waals surface area contributed by atoms with Gasteiger partial charge in [-0.3, -0.25) is 0 Å². The van der Waals surface area contributed by atoms with Gasteiger partial charge in [-0.2, -0.15) is 0 Å². The van der Waals surface area contributed by atoms with E-state index in [-0.39, 0.29) is 0 Å². The Bertz CT molecular complexity index is 596. The molecule has 0 aliphatic carbocycles. The highest BCUT2D eigenvalue weighted by Gasteiger charge is 2.07. The summed E-state index contributed by atoms with van der Waals surface area (Å²) < 4.78 is 1.13. The number of hydrogen-bond donors (Lipinski definition) is 1. The van der Waals surface area contributed by atoms with E-state index in [2.05, 4.69) is 78.4 Å². The molecule has 2 aromatic carbocycles. The third-order valence-electron chi connectivity index (χ3n) is 3.14. The summed E-state index contributed by atoms with van der Waals surface area (Å²) in [5, 5.41) is 3.41. The van der Waals surface area contributed by atoms with Gasteiger partial charge in [-0.15, -0.1) is 0 Å². The van der Waals surface area contributed by atoms with Crippen LogP contribution in [0.3, 0.4) is 0 Å². The van der Waals surface area contributed by atoms with E-state index >= 15 is 0 Å². The van der Waals surface area contributed by atoms with Gasteiger partial charge in [0, 0.05) is 20.8 Å². The van der Waals surface area contributed by atoms with Crippen molar-refractivity contribution in [3.05, 3.63) is 57.6 Å². The number of halogens is 1. The molecule has 2 aromatic rings. The van der Waals surface area contributed by atoms with Crippen molar-refractivity contribution in [2.24, 2.45) is 0 Å². The molecule has 20 heavy (non-hydrogen) atoms. The molecule has 0 saturated heterocycles. The Morgan fingerprint density at radius 3 is 2.50 bits per heavy atom. The second kappa shape index (κ2) is 7.30. The van der Waals surface area contributed by atoms with Gasteiger partial charge in [-0.05, 0) is 55.8 Å². The maximum Gasteiger partial charge on any atom is 0.0217 e. The summed E-state index contributed by atoms with van der Waals surface area (Å²) in [4.78, 5) is 2.65. The Morgan fingerprint density at radius 1 is 1.05 bits per heavy atom. The van der Waals surface area contributed by atoms with Crippen LogP contribution in [0.15, 0.2) is 50.7 Å². The van der Waals surface area contributed by atoms with Gasteiger partial charge in [-0.1, -0.05) is 52.3 Å². The van der Waals surface area contributed by atoms with Crippen LogP contribution in [0.25, 0.3) is 0 Å². The van der Waals surface area contributed by atoms with Crippen LogP contribution in [0.5, 0.6) is 0 Å². The van der Waals surface area contributed by atoms with Crippen LogP contribution in [0.2, 0.25) is 0 Å². The molecule has 3 heteroatoms. The fourth-order valence-electron chi connectivity index (χ4n) is 2.08. The molecule has 0 radical (unpaired) electrons. The molecule has 0 aliphatic rings. The van der Waals surface area contributed by atoms with E-state index in [1.807, 2.05) is 11.8 Å². The average Bonchev–Trinajstić information content (AvgIpc) is 2.41. The number of nitrogens with one attached hydrogen (secondary N) is 1. The SMILES string of the molecule is CCNCc1cc(Br)ccc1Sc1ccc(C)cc1C. The first kappa shape index (κ1) is 15.6. The minimum absolute atomic E-state index is 0.906. The Morgan fingerprint density at radius 2 is 1.80 bits per heavy atom. The van der Waals surface area contributed by atoms with Crippen molar-refractivity contribution < 1.29 is 0 Å². The van der Waals surface area contributed by atoms with Crippen molar-refractivity contribution in [1.82, 2.24) is 5.32 Å².